The third kappa shape index (κ3) is 3.50. The lowest BCUT2D eigenvalue weighted by molar-refractivity contribution is -0.117. The van der Waals surface area contributed by atoms with E-state index in [1.54, 1.807) is 6.92 Å². The van der Waals surface area contributed by atoms with E-state index in [4.69, 9.17) is 0 Å². The van der Waals surface area contributed by atoms with Crippen molar-refractivity contribution in [3.63, 3.8) is 0 Å². The molecule has 0 saturated heterocycles. The maximum absolute atomic E-state index is 11.2. The molecule has 15 heavy (non-hydrogen) atoms. The monoisotopic (exact) mass is 204 g/mol. The fraction of sp³-hybridized carbons (Fsp3) is 0.500. The van der Waals surface area contributed by atoms with Gasteiger partial charge < -0.3 is 4.79 Å². The molecule has 0 fully saturated rings. The zero-order valence-corrected chi connectivity index (χ0v) is 9.92. The number of carbonyl (C=O) groups excluding carboxylic acids is 1. The number of Topliss-reactive ketones (excluding diaryl/α,β-unsaturated/α-hetero) is 1. The Balaban J connectivity index is 2.88. The Morgan fingerprint density at radius 2 is 2.00 bits per heavy atom. The van der Waals surface area contributed by atoms with Gasteiger partial charge in [0.1, 0.15) is 5.78 Å². The van der Waals surface area contributed by atoms with E-state index in [1.165, 1.54) is 11.1 Å². The van der Waals surface area contributed by atoms with Crippen LogP contribution >= 0.6 is 0 Å². The van der Waals surface area contributed by atoms with Crippen LogP contribution in [0.4, 0.5) is 0 Å². The standard InChI is InChI=1S/C14H20O/c1-4-7-13(10-12(3)15)14-9-6-5-8-11(14)2/h5-6,8-9,13H,4,7,10H2,1-3H3/t13-/m1/s1. The smallest absolute Gasteiger partial charge is 0.130 e. The molecule has 0 amide bonds. The number of rotatable bonds is 5. The molecule has 0 aliphatic carbocycles. The van der Waals surface area contributed by atoms with Crippen molar-refractivity contribution in [1.82, 2.24) is 0 Å². The molecule has 1 nitrogen and oxygen atoms in total. The van der Waals surface area contributed by atoms with E-state index in [0.717, 1.165) is 12.8 Å². The molecule has 1 aromatic carbocycles. The van der Waals surface area contributed by atoms with Crippen molar-refractivity contribution in [2.24, 2.45) is 0 Å². The van der Waals surface area contributed by atoms with Gasteiger partial charge in [-0.1, -0.05) is 37.6 Å². The highest BCUT2D eigenvalue weighted by atomic mass is 16.1. The van der Waals surface area contributed by atoms with Gasteiger partial charge in [-0.3, -0.25) is 0 Å². The molecule has 0 spiro atoms. The number of carbonyl (C=O) groups is 1. The first-order valence-corrected chi connectivity index (χ1v) is 5.70. The van der Waals surface area contributed by atoms with Crippen molar-refractivity contribution in [3.8, 4) is 0 Å². The van der Waals surface area contributed by atoms with Crippen LogP contribution in [0.2, 0.25) is 0 Å². The first-order chi connectivity index (χ1) is 7.15. The fourth-order valence-corrected chi connectivity index (χ4v) is 2.11. The van der Waals surface area contributed by atoms with E-state index in [2.05, 4.69) is 38.1 Å². The Hall–Kier alpha value is -1.11. The first-order valence-electron chi connectivity index (χ1n) is 5.70. The molecular formula is C14H20O. The van der Waals surface area contributed by atoms with Crippen LogP contribution in [-0.4, -0.2) is 5.78 Å². The van der Waals surface area contributed by atoms with Crippen LogP contribution in [0, 0.1) is 6.92 Å². The second kappa shape index (κ2) is 5.69. The van der Waals surface area contributed by atoms with E-state index in [-0.39, 0.29) is 5.78 Å². The summed E-state index contributed by atoms with van der Waals surface area (Å²) in [5.74, 6) is 0.699. The van der Waals surface area contributed by atoms with Crippen molar-refractivity contribution in [2.75, 3.05) is 0 Å². The molecule has 0 unspecified atom stereocenters. The minimum Gasteiger partial charge on any atom is -0.300 e. The minimum absolute atomic E-state index is 0.289. The summed E-state index contributed by atoms with van der Waals surface area (Å²) in [4.78, 5) is 11.2. The molecule has 0 N–H and O–H groups in total. The molecule has 0 heterocycles. The van der Waals surface area contributed by atoms with Crippen LogP contribution in [0.1, 0.15) is 50.2 Å². The molecule has 0 radical (unpaired) electrons. The van der Waals surface area contributed by atoms with Gasteiger partial charge in [-0.05, 0) is 37.3 Å². The largest absolute Gasteiger partial charge is 0.300 e. The van der Waals surface area contributed by atoms with E-state index in [0.29, 0.717) is 12.3 Å². The summed E-state index contributed by atoms with van der Waals surface area (Å²) in [5.41, 5.74) is 2.65. The molecule has 0 bridgehead atoms. The molecule has 1 rings (SSSR count). The third-order valence-corrected chi connectivity index (χ3v) is 2.80. The zero-order valence-electron chi connectivity index (χ0n) is 9.92. The van der Waals surface area contributed by atoms with Crippen molar-refractivity contribution in [2.45, 2.75) is 46.0 Å². The minimum atomic E-state index is 0.289. The summed E-state index contributed by atoms with van der Waals surface area (Å²) in [7, 11) is 0. The molecule has 0 aliphatic heterocycles. The van der Waals surface area contributed by atoms with E-state index < -0.39 is 0 Å². The zero-order chi connectivity index (χ0) is 11.3. The Kier molecular flexibility index (Phi) is 4.54. The van der Waals surface area contributed by atoms with Gasteiger partial charge in [-0.25, -0.2) is 0 Å². The molecule has 1 aromatic rings. The molecule has 0 aromatic heterocycles. The average molecular weight is 204 g/mol. The number of benzene rings is 1. The molecule has 1 heteroatoms. The summed E-state index contributed by atoms with van der Waals surface area (Å²) in [6.45, 7) is 5.98. The van der Waals surface area contributed by atoms with Crippen molar-refractivity contribution in [3.05, 3.63) is 35.4 Å². The van der Waals surface area contributed by atoms with Gasteiger partial charge in [0.15, 0.2) is 0 Å². The first kappa shape index (κ1) is 12.0. The predicted molar refractivity (Wildman–Crippen MR) is 64.1 cm³/mol. The number of hydrogen-bond acceptors (Lipinski definition) is 1. The van der Waals surface area contributed by atoms with Gasteiger partial charge in [0, 0.05) is 6.42 Å². The van der Waals surface area contributed by atoms with Gasteiger partial charge in [0.25, 0.3) is 0 Å². The Morgan fingerprint density at radius 1 is 1.33 bits per heavy atom. The summed E-state index contributed by atoms with van der Waals surface area (Å²) in [6, 6.07) is 8.39. The van der Waals surface area contributed by atoms with Crippen LogP contribution in [0.15, 0.2) is 24.3 Å². The molecule has 1 atom stereocenters. The topological polar surface area (TPSA) is 17.1 Å². The van der Waals surface area contributed by atoms with Gasteiger partial charge in [0.05, 0.1) is 0 Å². The lowest BCUT2D eigenvalue weighted by atomic mass is 9.87. The third-order valence-electron chi connectivity index (χ3n) is 2.80. The van der Waals surface area contributed by atoms with Gasteiger partial charge in [0.2, 0.25) is 0 Å². The molecular weight excluding hydrogens is 184 g/mol. The van der Waals surface area contributed by atoms with Crippen LogP contribution in [-0.2, 0) is 4.79 Å². The summed E-state index contributed by atoms with van der Waals surface area (Å²) in [6.07, 6.45) is 2.91. The second-order valence-corrected chi connectivity index (χ2v) is 4.25. The van der Waals surface area contributed by atoms with Crippen molar-refractivity contribution >= 4 is 5.78 Å². The molecule has 0 saturated carbocycles. The van der Waals surface area contributed by atoms with Crippen LogP contribution in [0.3, 0.4) is 0 Å². The van der Waals surface area contributed by atoms with E-state index in [9.17, 15) is 4.79 Å². The highest BCUT2D eigenvalue weighted by Crippen LogP contribution is 2.27. The predicted octanol–water partition coefficient (Wildman–Crippen LogP) is 3.86. The van der Waals surface area contributed by atoms with Crippen LogP contribution in [0.5, 0.6) is 0 Å². The maximum Gasteiger partial charge on any atom is 0.130 e. The highest BCUT2D eigenvalue weighted by Gasteiger charge is 2.14. The normalized spacial score (nSPS) is 12.5. The lowest BCUT2D eigenvalue weighted by Gasteiger charge is -2.17. The second-order valence-electron chi connectivity index (χ2n) is 4.25. The SMILES string of the molecule is CCC[C@H](CC(C)=O)c1ccccc1C. The summed E-state index contributed by atoms with van der Waals surface area (Å²) < 4.78 is 0. The van der Waals surface area contributed by atoms with Crippen LogP contribution in [0.25, 0.3) is 0 Å². The van der Waals surface area contributed by atoms with Gasteiger partial charge >= 0.3 is 0 Å². The Labute approximate surface area is 92.5 Å². The average Bonchev–Trinajstić information content (AvgIpc) is 2.17. The number of ketones is 1. The van der Waals surface area contributed by atoms with Crippen molar-refractivity contribution in [1.29, 1.82) is 0 Å². The van der Waals surface area contributed by atoms with E-state index in [1.807, 2.05) is 0 Å². The van der Waals surface area contributed by atoms with Crippen LogP contribution < -0.4 is 0 Å². The lowest BCUT2D eigenvalue weighted by Crippen LogP contribution is -2.05. The van der Waals surface area contributed by atoms with E-state index >= 15 is 0 Å². The maximum atomic E-state index is 11.2. The fourth-order valence-electron chi connectivity index (χ4n) is 2.11. The van der Waals surface area contributed by atoms with Crippen molar-refractivity contribution < 1.29 is 4.79 Å². The number of hydrogen-bond donors (Lipinski definition) is 0. The summed E-state index contributed by atoms with van der Waals surface area (Å²) in [5, 5.41) is 0. The summed E-state index contributed by atoms with van der Waals surface area (Å²) >= 11 is 0. The molecule has 0 aliphatic rings. The Bertz CT molecular complexity index is 328. The molecule has 82 valence electrons. The van der Waals surface area contributed by atoms with Gasteiger partial charge in [-0.15, -0.1) is 0 Å². The Morgan fingerprint density at radius 3 is 2.53 bits per heavy atom. The van der Waals surface area contributed by atoms with Gasteiger partial charge in [-0.2, -0.15) is 0 Å². The quantitative estimate of drug-likeness (QED) is 0.711. The number of aryl methyl sites for hydroxylation is 1. The highest BCUT2D eigenvalue weighted by molar-refractivity contribution is 5.76.